The summed E-state index contributed by atoms with van der Waals surface area (Å²) in [6, 6.07) is 3.61. The monoisotopic (exact) mass is 676 g/mol. The predicted octanol–water partition coefficient (Wildman–Crippen LogP) is 12.9. The second-order valence-electron chi connectivity index (χ2n) is 13.0. The minimum atomic E-state index is -0.940. The molecule has 0 aliphatic rings. The lowest BCUT2D eigenvalue weighted by Gasteiger charge is -2.25. The van der Waals surface area contributed by atoms with Crippen LogP contribution in [0.4, 0.5) is 0 Å². The third kappa shape index (κ3) is 27.9. The fraction of sp³-hybridized carbons (Fsp3) is 0.610. The summed E-state index contributed by atoms with van der Waals surface area (Å²) in [6.07, 6.45) is 16.2. The van der Waals surface area contributed by atoms with E-state index in [9.17, 15) is 9.59 Å². The predicted molar refractivity (Wildman–Crippen MR) is 210 cm³/mol. The molecular weight excluding hydrogens is 603 g/mol. The van der Waals surface area contributed by atoms with Crippen LogP contribution in [0.5, 0.6) is 0 Å². The van der Waals surface area contributed by atoms with Crippen molar-refractivity contribution >= 4 is 23.2 Å². The van der Waals surface area contributed by atoms with Gasteiger partial charge in [-0.15, -0.1) is 11.3 Å². The lowest BCUT2D eigenvalue weighted by Crippen LogP contribution is -2.25. The van der Waals surface area contributed by atoms with Crippen LogP contribution in [-0.2, 0) is 9.53 Å². The Morgan fingerprint density at radius 3 is 1.91 bits per heavy atom. The molecule has 1 rings (SSSR count). The summed E-state index contributed by atoms with van der Waals surface area (Å²) in [6.45, 7) is 39.9. The van der Waals surface area contributed by atoms with Gasteiger partial charge in [0.05, 0.1) is 17.6 Å². The Labute approximate surface area is 295 Å². The van der Waals surface area contributed by atoms with Crippen LogP contribution >= 0.6 is 11.3 Å². The summed E-state index contributed by atoms with van der Waals surface area (Å²) in [5.74, 6) is -0.414. The molecule has 0 spiro atoms. The second-order valence-corrected chi connectivity index (χ2v) is 14.2. The number of allylic oxidation sites excluding steroid dienone is 8. The maximum Gasteiger partial charge on any atom is 0.305 e. The first-order valence-corrected chi connectivity index (χ1v) is 18.3. The number of carbonyl (C=O) groups is 2. The molecule has 0 saturated carbocycles. The van der Waals surface area contributed by atoms with Crippen molar-refractivity contribution in [2.24, 2.45) is 28.6 Å². The van der Waals surface area contributed by atoms with E-state index in [-0.39, 0.29) is 42.2 Å². The zero-order valence-corrected chi connectivity index (χ0v) is 34.1. The quantitative estimate of drug-likeness (QED) is 0.117. The van der Waals surface area contributed by atoms with E-state index in [1.807, 2.05) is 67.5 Å². The number of rotatable bonds is 14. The van der Waals surface area contributed by atoms with Crippen LogP contribution in [0.2, 0.25) is 0 Å². The van der Waals surface area contributed by atoms with Crippen LogP contribution < -0.4 is 5.32 Å². The topological polar surface area (TPSA) is 75.6 Å². The van der Waals surface area contributed by atoms with Gasteiger partial charge in [-0.25, -0.2) is 0 Å². The first-order chi connectivity index (χ1) is 21.9. The van der Waals surface area contributed by atoms with Crippen molar-refractivity contribution in [3.05, 3.63) is 82.8 Å². The molecule has 0 aromatic carbocycles. The van der Waals surface area contributed by atoms with E-state index < -0.39 is 5.97 Å². The number of thiophene rings is 1. The summed E-state index contributed by atoms with van der Waals surface area (Å²) in [7, 11) is 0. The van der Waals surface area contributed by atoms with Crippen molar-refractivity contribution in [2.75, 3.05) is 6.54 Å². The van der Waals surface area contributed by atoms with Gasteiger partial charge in [0.2, 0.25) is 0 Å². The van der Waals surface area contributed by atoms with Gasteiger partial charge >= 0.3 is 5.97 Å². The molecule has 6 heteroatoms. The molecule has 272 valence electrons. The van der Waals surface area contributed by atoms with Gasteiger partial charge in [-0.1, -0.05) is 147 Å². The molecule has 0 aliphatic carbocycles. The fourth-order valence-corrected chi connectivity index (χ4v) is 4.21. The summed E-state index contributed by atoms with van der Waals surface area (Å²) in [4.78, 5) is 24.3. The summed E-state index contributed by atoms with van der Waals surface area (Å²) in [5.41, 5.74) is 1.89. The van der Waals surface area contributed by atoms with E-state index >= 15 is 0 Å². The molecule has 0 saturated heterocycles. The van der Waals surface area contributed by atoms with Gasteiger partial charge < -0.3 is 15.2 Å². The van der Waals surface area contributed by atoms with Crippen LogP contribution in [0.1, 0.15) is 145 Å². The highest BCUT2D eigenvalue weighted by Crippen LogP contribution is 2.30. The van der Waals surface area contributed by atoms with E-state index in [1.54, 1.807) is 12.3 Å². The normalized spacial score (nSPS) is 14.1. The van der Waals surface area contributed by atoms with Crippen molar-refractivity contribution in [3.63, 3.8) is 0 Å². The molecule has 0 bridgehead atoms. The van der Waals surface area contributed by atoms with Crippen LogP contribution in [-0.4, -0.2) is 23.5 Å². The Bertz CT molecular complexity index is 1060. The van der Waals surface area contributed by atoms with Crippen LogP contribution in [0.25, 0.3) is 0 Å². The first-order valence-electron chi connectivity index (χ1n) is 17.5. The number of carbonyl (C=O) groups excluding carboxylic acids is 1. The van der Waals surface area contributed by atoms with Gasteiger partial charge in [-0.2, -0.15) is 0 Å². The van der Waals surface area contributed by atoms with Crippen molar-refractivity contribution in [3.8, 4) is 0 Å². The number of aliphatic carboxylic acids is 1. The third-order valence-corrected chi connectivity index (χ3v) is 7.39. The molecular formula is C41H73NO4S. The number of amides is 1. The summed E-state index contributed by atoms with van der Waals surface area (Å²) in [5, 5.41) is 11.3. The SMILES string of the molecule is C=C/C=C(\C=C/C(C)C(C)(C)C)C(/C=C\C)C(C)/C=C/OC(C)c1ccc(C(=O)NCCC(=O)O)s1.CC.CC.CC.CC(C)(C)C. The number of carboxylic acid groups (broad SMARTS) is 1. The first kappa shape index (κ1) is 51.0. The number of hydrogen-bond donors (Lipinski definition) is 2. The molecule has 1 amide bonds. The van der Waals surface area contributed by atoms with E-state index in [2.05, 4.69) is 111 Å². The fourth-order valence-electron chi connectivity index (χ4n) is 3.29. The molecule has 4 unspecified atom stereocenters. The molecule has 0 aliphatic heterocycles. The van der Waals surface area contributed by atoms with Crippen molar-refractivity contribution in [2.45, 2.75) is 130 Å². The van der Waals surface area contributed by atoms with Gasteiger partial charge in [0.15, 0.2) is 0 Å². The minimum Gasteiger partial charge on any atom is -0.493 e. The number of nitrogens with one attached hydrogen (secondary N) is 1. The van der Waals surface area contributed by atoms with Gasteiger partial charge in [-0.05, 0) is 60.3 Å². The zero-order valence-electron chi connectivity index (χ0n) is 33.3. The van der Waals surface area contributed by atoms with E-state index in [1.165, 1.54) is 16.9 Å². The smallest absolute Gasteiger partial charge is 0.305 e. The largest absolute Gasteiger partial charge is 0.493 e. The molecule has 2 N–H and O–H groups in total. The zero-order chi connectivity index (χ0) is 37.8. The van der Waals surface area contributed by atoms with E-state index in [0.717, 1.165) is 4.88 Å². The van der Waals surface area contributed by atoms with Gasteiger partial charge in [0.25, 0.3) is 5.91 Å². The number of hydrogen-bond acceptors (Lipinski definition) is 4. The number of carboxylic acids is 1. The Balaban J connectivity index is -0.000000738. The van der Waals surface area contributed by atoms with Gasteiger partial charge in [0.1, 0.15) is 6.10 Å². The van der Waals surface area contributed by atoms with Crippen molar-refractivity contribution in [1.29, 1.82) is 0 Å². The second kappa shape index (κ2) is 29.3. The van der Waals surface area contributed by atoms with E-state index in [0.29, 0.717) is 16.2 Å². The van der Waals surface area contributed by atoms with Crippen molar-refractivity contribution < 1.29 is 19.4 Å². The minimum absolute atomic E-state index is 0.101. The molecule has 0 fully saturated rings. The highest BCUT2D eigenvalue weighted by molar-refractivity contribution is 7.14. The Kier molecular flexibility index (Phi) is 31.8. The molecule has 1 heterocycles. The van der Waals surface area contributed by atoms with Crippen LogP contribution in [0.3, 0.4) is 0 Å². The molecule has 5 nitrogen and oxygen atoms in total. The van der Waals surface area contributed by atoms with Crippen LogP contribution in [0, 0.1) is 28.6 Å². The maximum atomic E-state index is 12.2. The Morgan fingerprint density at radius 2 is 1.47 bits per heavy atom. The third-order valence-electron chi connectivity index (χ3n) is 6.15. The Hall–Kier alpha value is -2.86. The molecule has 0 radical (unpaired) electrons. The average Bonchev–Trinajstić information content (AvgIpc) is 3.50. The molecule has 4 atom stereocenters. The number of ether oxygens (including phenoxy) is 1. The van der Waals surface area contributed by atoms with Crippen molar-refractivity contribution in [1.82, 2.24) is 5.32 Å². The molecule has 1 aromatic rings. The summed E-state index contributed by atoms with van der Waals surface area (Å²) < 4.78 is 5.95. The lowest BCUT2D eigenvalue weighted by molar-refractivity contribution is -0.136. The summed E-state index contributed by atoms with van der Waals surface area (Å²) >= 11 is 1.34. The maximum absolute atomic E-state index is 12.2. The molecule has 1 aromatic heterocycles. The highest BCUT2D eigenvalue weighted by atomic mass is 32.1. The standard InChI is InChI=1S/C30H43NO4S.C5H12.3C2H6/c1-9-11-24(14-13-22(4)30(6,7)8)25(12-10-2)21(3)18-20-35-23(5)26-15-16-27(36-26)29(34)31-19-17-28(32)33;1-5(2,3)4;3*1-2/h9-16,18,20-23,25H,1,17,19H2,2-8H3,(H,31,34)(H,32,33);1-4H3;3*1-2H3/b12-10-,14-13-,20-18+,24-11+;;;;. The highest BCUT2D eigenvalue weighted by Gasteiger charge is 2.19. The van der Waals surface area contributed by atoms with Gasteiger partial charge in [0, 0.05) is 17.3 Å². The lowest BCUT2D eigenvalue weighted by atomic mass is 9.80. The average molecular weight is 676 g/mol. The van der Waals surface area contributed by atoms with E-state index in [4.69, 9.17) is 9.84 Å². The van der Waals surface area contributed by atoms with Crippen LogP contribution in [0.15, 0.2) is 73.1 Å². The molecule has 47 heavy (non-hydrogen) atoms. The van der Waals surface area contributed by atoms with Gasteiger partial charge in [-0.3, -0.25) is 9.59 Å². The Morgan fingerprint density at radius 1 is 0.936 bits per heavy atom.